The van der Waals surface area contributed by atoms with E-state index >= 15 is 0 Å². The fourth-order valence-corrected chi connectivity index (χ4v) is 8.38. The molecule has 0 radical (unpaired) electrons. The second-order valence-corrected chi connectivity index (χ2v) is 14.3. The second-order valence-electron chi connectivity index (χ2n) is 14.3. The fourth-order valence-electron chi connectivity index (χ4n) is 8.38. The number of unbranched alkanes of at least 4 members (excludes halogenated alkanes) is 3. The van der Waals surface area contributed by atoms with Gasteiger partial charge in [0.05, 0.1) is 9.85 Å². The van der Waals surface area contributed by atoms with Gasteiger partial charge in [0.25, 0.3) is 11.4 Å². The molecule has 2 aliphatic rings. The molecular weight excluding hydrogens is 628 g/mol. The monoisotopic (exact) mass is 676 g/mol. The predicted octanol–water partition coefficient (Wildman–Crippen LogP) is 12.3. The van der Waals surface area contributed by atoms with Crippen LogP contribution in [0.15, 0.2) is 97.1 Å². The van der Waals surface area contributed by atoms with Crippen LogP contribution in [0, 0.1) is 38.0 Å². The van der Waals surface area contributed by atoms with Crippen molar-refractivity contribution in [2.45, 2.75) is 95.8 Å². The van der Waals surface area contributed by atoms with Crippen molar-refractivity contribution in [2.24, 2.45) is 17.8 Å². The first-order valence-electron chi connectivity index (χ1n) is 18.4. The van der Waals surface area contributed by atoms with Crippen molar-refractivity contribution < 1.29 is 19.3 Å². The zero-order valence-corrected chi connectivity index (χ0v) is 29.0. The molecule has 0 bridgehead atoms. The van der Waals surface area contributed by atoms with E-state index < -0.39 is 9.85 Å². The summed E-state index contributed by atoms with van der Waals surface area (Å²) in [5, 5.41) is 22.1. The quantitative estimate of drug-likeness (QED) is 0.0747. The minimum absolute atomic E-state index is 0.0323. The van der Waals surface area contributed by atoms with E-state index in [1.807, 2.05) is 24.3 Å². The molecule has 4 aromatic rings. The number of nitrogens with zero attached hydrogens (tertiary/aromatic N) is 2. The lowest BCUT2D eigenvalue weighted by molar-refractivity contribution is -0.385. The average Bonchev–Trinajstić information content (AvgIpc) is 3.15. The highest BCUT2D eigenvalue weighted by atomic mass is 16.6. The Morgan fingerprint density at radius 3 is 1.36 bits per heavy atom. The van der Waals surface area contributed by atoms with E-state index in [0.29, 0.717) is 23.0 Å². The summed E-state index contributed by atoms with van der Waals surface area (Å²) in [6, 6.07) is 29.0. The molecule has 0 unspecified atom stereocenters. The Bertz CT molecular complexity index is 1580. The van der Waals surface area contributed by atoms with Crippen LogP contribution in [0.2, 0.25) is 0 Å². The lowest BCUT2D eigenvalue weighted by atomic mass is 9.60. The van der Waals surface area contributed by atoms with Gasteiger partial charge in [0.15, 0.2) is 0 Å². The summed E-state index contributed by atoms with van der Waals surface area (Å²) in [7, 11) is 0. The van der Waals surface area contributed by atoms with Gasteiger partial charge in [-0.3, -0.25) is 20.2 Å². The summed E-state index contributed by atoms with van der Waals surface area (Å²) in [6.45, 7) is 2.28. The van der Waals surface area contributed by atoms with Crippen LogP contribution < -0.4 is 9.47 Å². The van der Waals surface area contributed by atoms with Crippen LogP contribution in [0.1, 0.15) is 102 Å². The number of nitro groups is 2. The van der Waals surface area contributed by atoms with Gasteiger partial charge >= 0.3 is 0 Å². The Morgan fingerprint density at radius 2 is 0.960 bits per heavy atom. The highest BCUT2D eigenvalue weighted by Crippen LogP contribution is 2.51. The van der Waals surface area contributed by atoms with Crippen molar-refractivity contribution in [2.75, 3.05) is 0 Å². The Hall–Kier alpha value is -4.72. The lowest BCUT2D eigenvalue weighted by Gasteiger charge is -2.44. The van der Waals surface area contributed by atoms with Gasteiger partial charge in [-0.2, -0.15) is 0 Å². The maximum Gasteiger partial charge on any atom is 0.269 e. The molecule has 2 fully saturated rings. The zero-order chi connectivity index (χ0) is 34.9. The predicted molar refractivity (Wildman–Crippen MR) is 196 cm³/mol. The molecule has 8 nitrogen and oxygen atoms in total. The summed E-state index contributed by atoms with van der Waals surface area (Å²) in [4.78, 5) is 21.3. The first-order chi connectivity index (χ1) is 24.3. The fraction of sp³-hybridized carbons (Fsp3) is 0.429. The molecule has 0 saturated heterocycles. The summed E-state index contributed by atoms with van der Waals surface area (Å²) in [5.41, 5.74) is 2.43. The number of non-ortho nitro benzene ring substituents is 2. The molecule has 0 atom stereocenters. The highest BCUT2D eigenvalue weighted by molar-refractivity contribution is 5.46. The minimum atomic E-state index is -0.415. The van der Waals surface area contributed by atoms with Crippen molar-refractivity contribution in [3.8, 4) is 23.0 Å². The first kappa shape index (κ1) is 35.1. The van der Waals surface area contributed by atoms with Gasteiger partial charge < -0.3 is 9.47 Å². The van der Waals surface area contributed by atoms with Gasteiger partial charge in [-0.25, -0.2) is 0 Å². The third-order valence-electron chi connectivity index (χ3n) is 11.3. The van der Waals surface area contributed by atoms with Crippen molar-refractivity contribution in [1.29, 1.82) is 0 Å². The molecule has 2 saturated carbocycles. The zero-order valence-electron chi connectivity index (χ0n) is 29.0. The van der Waals surface area contributed by atoms with Crippen LogP contribution in [-0.2, 0) is 5.41 Å². The van der Waals surface area contributed by atoms with Gasteiger partial charge in [-0.05, 0) is 116 Å². The van der Waals surface area contributed by atoms with E-state index in [4.69, 9.17) is 9.47 Å². The second kappa shape index (κ2) is 16.3. The SMILES string of the molecule is CCCCCC[C@H]1CC[C@H](C2CCC(c3ccc(Oc4ccc([N+](=O)[O-])cc4)cc3)(c3ccc(Oc4ccc([N+](=O)[O-])cc4)cc3)CC2)CC1. The van der Waals surface area contributed by atoms with Gasteiger partial charge in [-0.15, -0.1) is 0 Å². The molecule has 2 aliphatic carbocycles. The largest absolute Gasteiger partial charge is 0.457 e. The Kier molecular flexibility index (Phi) is 11.5. The van der Waals surface area contributed by atoms with Crippen LogP contribution in [-0.4, -0.2) is 9.85 Å². The Morgan fingerprint density at radius 1 is 0.560 bits per heavy atom. The number of benzene rings is 4. The van der Waals surface area contributed by atoms with Crippen LogP contribution in [0.4, 0.5) is 11.4 Å². The van der Waals surface area contributed by atoms with E-state index in [1.165, 1.54) is 106 Å². The molecule has 0 spiro atoms. The van der Waals surface area contributed by atoms with Gasteiger partial charge in [0.1, 0.15) is 23.0 Å². The molecule has 0 amide bonds. The third-order valence-corrected chi connectivity index (χ3v) is 11.3. The van der Waals surface area contributed by atoms with Gasteiger partial charge in [0.2, 0.25) is 0 Å². The van der Waals surface area contributed by atoms with Crippen molar-refractivity contribution in [3.05, 3.63) is 128 Å². The van der Waals surface area contributed by atoms with E-state index in [2.05, 4.69) is 31.2 Å². The molecule has 0 N–H and O–H groups in total. The number of ether oxygens (including phenoxy) is 2. The van der Waals surface area contributed by atoms with E-state index in [9.17, 15) is 20.2 Å². The van der Waals surface area contributed by atoms with Crippen molar-refractivity contribution >= 4 is 11.4 Å². The number of nitro benzene ring substituents is 2. The summed E-state index contributed by atoms with van der Waals surface area (Å²) >= 11 is 0. The normalized spacial score (nSPS) is 19.1. The van der Waals surface area contributed by atoms with Gasteiger partial charge in [-0.1, -0.05) is 76.1 Å². The van der Waals surface area contributed by atoms with Crippen LogP contribution in [0.25, 0.3) is 0 Å². The van der Waals surface area contributed by atoms with Crippen molar-refractivity contribution in [1.82, 2.24) is 0 Å². The topological polar surface area (TPSA) is 105 Å². The maximum absolute atomic E-state index is 11.1. The molecule has 262 valence electrons. The average molecular weight is 677 g/mol. The molecule has 8 heteroatoms. The van der Waals surface area contributed by atoms with E-state index in [-0.39, 0.29) is 16.8 Å². The van der Waals surface area contributed by atoms with Crippen LogP contribution in [0.3, 0.4) is 0 Å². The first-order valence-corrected chi connectivity index (χ1v) is 18.4. The third kappa shape index (κ3) is 8.52. The number of hydrogen-bond acceptors (Lipinski definition) is 6. The minimum Gasteiger partial charge on any atom is -0.457 e. The molecule has 0 aromatic heterocycles. The Balaban J connectivity index is 1.17. The number of rotatable bonds is 14. The van der Waals surface area contributed by atoms with Crippen LogP contribution in [0.5, 0.6) is 23.0 Å². The van der Waals surface area contributed by atoms with Crippen molar-refractivity contribution in [3.63, 3.8) is 0 Å². The molecule has 6 rings (SSSR count). The standard InChI is InChI=1S/C42H48N2O6/c1-2-3-4-5-6-31-7-9-32(10-8-31)33-27-29-42(30-28-33,34-11-19-38(20-12-34)49-40-23-15-36(16-24-40)43(45)46)35-13-21-39(22-14-35)50-41-25-17-37(18-26-41)44(47)48/h11-26,31-33H,2-10,27-30H2,1H3/t31-,32-. The molecule has 4 aromatic carbocycles. The molecule has 50 heavy (non-hydrogen) atoms. The summed E-state index contributed by atoms with van der Waals surface area (Å²) in [5.74, 6) is 4.99. The lowest BCUT2D eigenvalue weighted by Crippen LogP contribution is -2.35. The smallest absolute Gasteiger partial charge is 0.269 e. The highest BCUT2D eigenvalue weighted by Gasteiger charge is 2.41. The summed E-state index contributed by atoms with van der Waals surface area (Å²) in [6.07, 6.45) is 16.9. The van der Waals surface area contributed by atoms with E-state index in [0.717, 1.165) is 30.6 Å². The van der Waals surface area contributed by atoms with E-state index in [1.54, 1.807) is 24.3 Å². The Labute approximate surface area is 295 Å². The number of hydrogen-bond donors (Lipinski definition) is 0. The van der Waals surface area contributed by atoms with Gasteiger partial charge in [0, 0.05) is 29.7 Å². The molecule has 0 heterocycles. The van der Waals surface area contributed by atoms with Crippen LogP contribution >= 0.6 is 0 Å². The maximum atomic E-state index is 11.1. The summed E-state index contributed by atoms with van der Waals surface area (Å²) < 4.78 is 12.1. The molecule has 0 aliphatic heterocycles. The molecular formula is C42H48N2O6.